The Morgan fingerprint density at radius 1 is 0.512 bits per heavy atom. The summed E-state index contributed by atoms with van der Waals surface area (Å²) in [6.07, 6.45) is 29.6. The molecular weight excluding hydrogens is 1050 g/mol. The number of hydrogen-bond acceptors (Lipinski definition) is 17. The molecular formula is C61H116NO17P. The van der Waals surface area contributed by atoms with Gasteiger partial charge in [-0.1, -0.05) is 231 Å². The first-order valence-electron chi connectivity index (χ1n) is 32.1. The first kappa shape index (κ1) is 74.5. The Labute approximate surface area is 482 Å². The molecule has 2 aliphatic rings. The standard InChI is InChI=1S/C61H116NO17P/c1-3-5-7-9-11-13-15-17-18-19-20-21-22-23-24-25-26-27-28-29-30-32-33-35-37-39-41-43-50(65)74-46-48(64)47-75-80(72,73)79-60-58(77-51(66)44-42-40-38-36-34-31-16-14-12-10-8-6-4-2)56(70)55(69)57(71)59(60)78-61-52(62)54(68)53(67)49(45-63)76-61/h17-18,48-49,52-61,63-64,67-71H,3-16,19-47,62H2,1-2H3,(H,72,73)/b18-17-/t48-,49?,52?,53-,54-,55?,56-,57?,58?,59-,60?,61-/m1/s1. The number of phosphoric ester groups is 1. The van der Waals surface area contributed by atoms with E-state index in [1.807, 2.05) is 0 Å². The van der Waals surface area contributed by atoms with Gasteiger partial charge in [-0.3, -0.25) is 18.6 Å². The van der Waals surface area contributed by atoms with Crippen LogP contribution in [0.15, 0.2) is 12.2 Å². The van der Waals surface area contributed by atoms with Crippen molar-refractivity contribution in [1.29, 1.82) is 0 Å². The number of phosphoric acid groups is 1. The molecule has 2 fully saturated rings. The Morgan fingerprint density at radius 3 is 1.32 bits per heavy atom. The first-order valence-corrected chi connectivity index (χ1v) is 33.6. The molecule has 472 valence electrons. The summed E-state index contributed by atoms with van der Waals surface area (Å²) in [6.45, 7) is 2.23. The molecule has 18 nitrogen and oxygen atoms in total. The van der Waals surface area contributed by atoms with Gasteiger partial charge >= 0.3 is 19.8 Å². The summed E-state index contributed by atoms with van der Waals surface area (Å²) in [5.41, 5.74) is 6.06. The van der Waals surface area contributed by atoms with E-state index < -0.39 is 113 Å². The molecule has 0 aromatic rings. The van der Waals surface area contributed by atoms with Gasteiger partial charge in [-0.15, -0.1) is 0 Å². The van der Waals surface area contributed by atoms with Crippen molar-refractivity contribution in [2.24, 2.45) is 5.73 Å². The summed E-state index contributed by atoms with van der Waals surface area (Å²) < 4.78 is 46.0. The maximum absolute atomic E-state index is 13.5. The average Bonchev–Trinajstić information content (AvgIpc) is 3.46. The summed E-state index contributed by atoms with van der Waals surface area (Å²) in [7, 11) is -5.35. The zero-order chi connectivity index (χ0) is 58.6. The number of esters is 2. The van der Waals surface area contributed by atoms with Gasteiger partial charge in [0.05, 0.1) is 19.3 Å². The largest absolute Gasteiger partial charge is 0.472 e. The molecule has 1 aliphatic heterocycles. The minimum absolute atomic E-state index is 0.117. The van der Waals surface area contributed by atoms with Crippen molar-refractivity contribution in [3.63, 3.8) is 0 Å². The fourth-order valence-corrected chi connectivity index (χ4v) is 11.6. The zero-order valence-electron chi connectivity index (χ0n) is 49.8. The van der Waals surface area contributed by atoms with Gasteiger partial charge in [0.25, 0.3) is 0 Å². The number of rotatable bonds is 52. The van der Waals surface area contributed by atoms with E-state index in [4.69, 9.17) is 33.7 Å². The molecule has 1 saturated carbocycles. The van der Waals surface area contributed by atoms with E-state index in [0.29, 0.717) is 19.3 Å². The van der Waals surface area contributed by atoms with Crippen molar-refractivity contribution in [2.75, 3.05) is 19.8 Å². The van der Waals surface area contributed by atoms with Crippen molar-refractivity contribution in [3.8, 4) is 0 Å². The Bertz CT molecular complexity index is 1580. The highest BCUT2D eigenvalue weighted by Gasteiger charge is 2.57. The Hall–Kier alpha value is -1.61. The van der Waals surface area contributed by atoms with Crippen LogP contribution in [0.25, 0.3) is 0 Å². The van der Waals surface area contributed by atoms with Gasteiger partial charge in [0.1, 0.15) is 61.5 Å². The number of carbonyl (C=O) groups excluding carboxylic acids is 2. The van der Waals surface area contributed by atoms with Crippen molar-refractivity contribution < 1.29 is 82.8 Å². The molecule has 0 aromatic heterocycles. The summed E-state index contributed by atoms with van der Waals surface area (Å²) in [4.78, 5) is 36.6. The number of hydrogen-bond donors (Lipinski definition) is 9. The van der Waals surface area contributed by atoms with Crippen molar-refractivity contribution >= 4 is 19.8 Å². The normalized spacial score (nSPS) is 25.5. The van der Waals surface area contributed by atoms with Crippen LogP contribution in [0.3, 0.4) is 0 Å². The predicted molar refractivity (Wildman–Crippen MR) is 311 cm³/mol. The van der Waals surface area contributed by atoms with Gasteiger partial charge in [-0.05, 0) is 38.5 Å². The number of unbranched alkanes of at least 4 members (excludes halogenated alkanes) is 35. The van der Waals surface area contributed by atoms with Gasteiger partial charge in [0.15, 0.2) is 12.4 Å². The molecule has 0 amide bonds. The second-order valence-electron chi connectivity index (χ2n) is 23.1. The number of aliphatic hydroxyl groups is 7. The van der Waals surface area contributed by atoms with Crippen LogP contribution in [0.4, 0.5) is 0 Å². The van der Waals surface area contributed by atoms with Crippen molar-refractivity contribution in [2.45, 2.75) is 344 Å². The molecule has 1 saturated heterocycles. The molecule has 1 aliphatic carbocycles. The lowest BCUT2D eigenvalue weighted by molar-refractivity contribution is -0.316. The highest BCUT2D eigenvalue weighted by atomic mass is 31.2. The Balaban J connectivity index is 1.70. The fraction of sp³-hybridized carbons (Fsp3) is 0.934. The second-order valence-corrected chi connectivity index (χ2v) is 24.5. The number of nitrogens with two attached hydrogens (primary N) is 1. The van der Waals surface area contributed by atoms with E-state index in [0.717, 1.165) is 51.4 Å². The quantitative estimate of drug-likeness (QED) is 0.0118. The van der Waals surface area contributed by atoms with Gasteiger partial charge in [0, 0.05) is 12.8 Å². The van der Waals surface area contributed by atoms with E-state index in [9.17, 15) is 54.8 Å². The van der Waals surface area contributed by atoms with Crippen LogP contribution < -0.4 is 5.73 Å². The average molecular weight is 1170 g/mol. The molecule has 1 heterocycles. The van der Waals surface area contributed by atoms with E-state index in [1.165, 1.54) is 173 Å². The molecule has 2 rings (SSSR count). The lowest BCUT2D eigenvalue weighted by atomic mass is 9.84. The number of aliphatic hydroxyl groups excluding tert-OH is 7. The second kappa shape index (κ2) is 47.6. The van der Waals surface area contributed by atoms with E-state index in [2.05, 4.69) is 26.0 Å². The monoisotopic (exact) mass is 1170 g/mol. The number of allylic oxidation sites excluding steroid dienone is 2. The SMILES string of the molecule is CCCCCCCC/C=C\CCCCCCCCCCCCCCCCCCCC(=O)OC[C@@H](O)COP(=O)(O)OC1C(OC(=O)CCCCCCCCCCCCCCC)[C@H](O)C(O)C(O)[C@H]1O[C@H]1OC(CO)[C@@H](O)[C@H](O)C1N. The van der Waals surface area contributed by atoms with Crippen LogP contribution in [-0.2, 0) is 42.1 Å². The molecule has 0 spiro atoms. The Morgan fingerprint density at radius 2 is 0.900 bits per heavy atom. The van der Waals surface area contributed by atoms with Crippen LogP contribution in [-0.4, -0.2) is 146 Å². The van der Waals surface area contributed by atoms with Gasteiger partial charge in [-0.2, -0.15) is 0 Å². The molecule has 0 aromatic carbocycles. The lowest BCUT2D eigenvalue weighted by Crippen LogP contribution is -2.69. The molecule has 0 bridgehead atoms. The van der Waals surface area contributed by atoms with Crippen molar-refractivity contribution in [3.05, 3.63) is 12.2 Å². The number of carbonyl (C=O) groups is 2. The van der Waals surface area contributed by atoms with Crippen LogP contribution in [0, 0.1) is 0 Å². The van der Waals surface area contributed by atoms with Crippen LogP contribution >= 0.6 is 7.82 Å². The maximum atomic E-state index is 13.5. The fourth-order valence-electron chi connectivity index (χ4n) is 10.6. The third-order valence-corrected chi connectivity index (χ3v) is 16.7. The summed E-state index contributed by atoms with van der Waals surface area (Å²) in [6, 6.07) is -1.53. The molecule has 10 N–H and O–H groups in total. The zero-order valence-corrected chi connectivity index (χ0v) is 50.7. The van der Waals surface area contributed by atoms with E-state index >= 15 is 0 Å². The first-order chi connectivity index (χ1) is 38.7. The molecule has 19 heteroatoms. The van der Waals surface area contributed by atoms with Gasteiger partial charge in [0.2, 0.25) is 0 Å². The van der Waals surface area contributed by atoms with Crippen LogP contribution in [0.2, 0.25) is 0 Å². The summed E-state index contributed by atoms with van der Waals surface area (Å²) in [5.74, 6) is -1.41. The molecule has 7 unspecified atom stereocenters. The van der Waals surface area contributed by atoms with Crippen LogP contribution in [0.5, 0.6) is 0 Å². The van der Waals surface area contributed by atoms with E-state index in [1.54, 1.807) is 0 Å². The molecule has 0 radical (unpaired) electrons. The van der Waals surface area contributed by atoms with Crippen molar-refractivity contribution in [1.82, 2.24) is 0 Å². The molecule has 80 heavy (non-hydrogen) atoms. The minimum Gasteiger partial charge on any atom is -0.463 e. The lowest BCUT2D eigenvalue weighted by Gasteiger charge is -2.48. The highest BCUT2D eigenvalue weighted by Crippen LogP contribution is 2.48. The molecule has 13 atom stereocenters. The third kappa shape index (κ3) is 34.4. The maximum Gasteiger partial charge on any atom is 0.472 e. The smallest absolute Gasteiger partial charge is 0.463 e. The van der Waals surface area contributed by atoms with Gasteiger partial charge < -0.3 is 65.3 Å². The summed E-state index contributed by atoms with van der Waals surface area (Å²) in [5, 5.41) is 74.4. The third-order valence-electron chi connectivity index (χ3n) is 15.8. The predicted octanol–water partition coefficient (Wildman–Crippen LogP) is 10.8. The van der Waals surface area contributed by atoms with Crippen LogP contribution in [0.1, 0.15) is 271 Å². The number of ether oxygens (including phenoxy) is 4. The summed E-state index contributed by atoms with van der Waals surface area (Å²) >= 11 is 0. The highest BCUT2D eigenvalue weighted by molar-refractivity contribution is 7.47. The minimum atomic E-state index is -5.35. The topological polar surface area (TPSA) is 294 Å². The van der Waals surface area contributed by atoms with Gasteiger partial charge in [-0.25, -0.2) is 4.57 Å². The Kier molecular flexibility index (Phi) is 44.3. The van der Waals surface area contributed by atoms with E-state index in [-0.39, 0.29) is 12.8 Å².